The molecule has 1 heterocycles. The smallest absolute Gasteiger partial charge is 0.243 e. The molecule has 1 atom stereocenters. The lowest BCUT2D eigenvalue weighted by atomic mass is 10.0. The molecule has 0 radical (unpaired) electrons. The molecule has 0 aliphatic heterocycles. The van der Waals surface area contributed by atoms with Crippen molar-refractivity contribution in [3.8, 4) is 0 Å². The maximum absolute atomic E-state index is 4.57. The molecule has 0 saturated carbocycles. The normalized spacial score (nSPS) is 12.2. The lowest BCUT2D eigenvalue weighted by Crippen LogP contribution is -2.13. The van der Waals surface area contributed by atoms with Gasteiger partial charge in [-0.3, -0.25) is 0 Å². The van der Waals surface area contributed by atoms with Gasteiger partial charge < -0.3 is 5.32 Å². The number of nitrogens with zero attached hydrogens (tertiary/aromatic N) is 3. The van der Waals surface area contributed by atoms with Crippen LogP contribution in [0.2, 0.25) is 0 Å². The summed E-state index contributed by atoms with van der Waals surface area (Å²) in [6.45, 7) is 8.40. The minimum atomic E-state index is 0.162. The van der Waals surface area contributed by atoms with E-state index in [0.717, 1.165) is 24.2 Å². The molecule has 1 aromatic carbocycles. The molecule has 0 saturated heterocycles. The van der Waals surface area contributed by atoms with Gasteiger partial charge in [-0.1, -0.05) is 38.1 Å². The summed E-state index contributed by atoms with van der Waals surface area (Å²) in [6, 6.07) is 8.51. The molecule has 2 rings (SSSR count). The Bertz CT molecular complexity index is 580. The second-order valence-corrected chi connectivity index (χ2v) is 4.96. The first-order chi connectivity index (χ1) is 9.65. The van der Waals surface area contributed by atoms with Crippen LogP contribution in [-0.2, 0) is 12.8 Å². The number of benzene rings is 1. The highest BCUT2D eigenvalue weighted by Crippen LogP contribution is 2.20. The summed E-state index contributed by atoms with van der Waals surface area (Å²) < 4.78 is 0. The Kier molecular flexibility index (Phi) is 4.66. The lowest BCUT2D eigenvalue weighted by Gasteiger charge is -2.16. The average molecular weight is 270 g/mol. The van der Waals surface area contributed by atoms with Gasteiger partial charge in [-0.15, -0.1) is 5.10 Å². The van der Waals surface area contributed by atoms with Crippen molar-refractivity contribution in [2.24, 2.45) is 0 Å². The van der Waals surface area contributed by atoms with E-state index in [-0.39, 0.29) is 6.04 Å². The molecular weight excluding hydrogens is 248 g/mol. The minimum Gasteiger partial charge on any atom is -0.346 e. The van der Waals surface area contributed by atoms with Crippen LogP contribution in [0.4, 0.5) is 5.95 Å². The number of hydrogen-bond acceptors (Lipinski definition) is 4. The molecule has 0 aliphatic carbocycles. The standard InChI is InChI=1S/C16H22N4/c1-5-14-15(6-2)19-20-16(18-14)17-12(4)13-10-8-7-9-11(13)3/h7-10,12H,5-6H2,1-4H3,(H,17,18,20). The number of aromatic nitrogens is 3. The lowest BCUT2D eigenvalue weighted by molar-refractivity contribution is 0.787. The first kappa shape index (κ1) is 14.4. The van der Waals surface area contributed by atoms with Crippen molar-refractivity contribution < 1.29 is 0 Å². The van der Waals surface area contributed by atoms with E-state index >= 15 is 0 Å². The van der Waals surface area contributed by atoms with E-state index in [2.05, 4.69) is 72.5 Å². The fraction of sp³-hybridized carbons (Fsp3) is 0.438. The van der Waals surface area contributed by atoms with Gasteiger partial charge in [0, 0.05) is 0 Å². The first-order valence-electron chi connectivity index (χ1n) is 7.20. The molecular formula is C16H22N4. The van der Waals surface area contributed by atoms with E-state index in [1.54, 1.807) is 0 Å². The van der Waals surface area contributed by atoms with Gasteiger partial charge in [-0.05, 0) is 37.8 Å². The summed E-state index contributed by atoms with van der Waals surface area (Å²) in [5.74, 6) is 0.606. The zero-order valence-corrected chi connectivity index (χ0v) is 12.6. The van der Waals surface area contributed by atoms with Gasteiger partial charge in [0.2, 0.25) is 5.95 Å². The molecule has 1 aromatic heterocycles. The van der Waals surface area contributed by atoms with Crippen molar-refractivity contribution in [3.63, 3.8) is 0 Å². The van der Waals surface area contributed by atoms with E-state index in [4.69, 9.17) is 0 Å². The SMILES string of the molecule is CCc1nnc(NC(C)c2ccccc2C)nc1CC. The van der Waals surface area contributed by atoms with Crippen molar-refractivity contribution in [3.05, 3.63) is 46.8 Å². The van der Waals surface area contributed by atoms with E-state index in [1.165, 1.54) is 11.1 Å². The number of anilines is 1. The molecule has 0 spiro atoms. The van der Waals surface area contributed by atoms with Crippen LogP contribution in [-0.4, -0.2) is 15.2 Å². The summed E-state index contributed by atoms with van der Waals surface area (Å²) in [4.78, 5) is 4.57. The molecule has 1 unspecified atom stereocenters. The van der Waals surface area contributed by atoms with Gasteiger partial charge in [-0.25, -0.2) is 4.98 Å². The Hall–Kier alpha value is -1.97. The van der Waals surface area contributed by atoms with Crippen LogP contribution in [0, 0.1) is 6.92 Å². The Balaban J connectivity index is 2.20. The largest absolute Gasteiger partial charge is 0.346 e. The maximum atomic E-state index is 4.57. The molecule has 2 aromatic rings. The zero-order chi connectivity index (χ0) is 14.5. The van der Waals surface area contributed by atoms with Gasteiger partial charge in [0.15, 0.2) is 0 Å². The Morgan fingerprint density at radius 2 is 1.75 bits per heavy atom. The first-order valence-corrected chi connectivity index (χ1v) is 7.20. The Labute approximate surface area is 120 Å². The predicted octanol–water partition coefficient (Wildman–Crippen LogP) is 3.48. The van der Waals surface area contributed by atoms with Gasteiger partial charge >= 0.3 is 0 Å². The van der Waals surface area contributed by atoms with Gasteiger partial charge in [0.1, 0.15) is 0 Å². The molecule has 0 aliphatic rings. The second-order valence-electron chi connectivity index (χ2n) is 4.96. The molecule has 4 nitrogen and oxygen atoms in total. The van der Waals surface area contributed by atoms with E-state index < -0.39 is 0 Å². The molecule has 4 heteroatoms. The molecule has 20 heavy (non-hydrogen) atoms. The van der Waals surface area contributed by atoms with Gasteiger partial charge in [-0.2, -0.15) is 5.10 Å². The number of aryl methyl sites for hydroxylation is 3. The summed E-state index contributed by atoms with van der Waals surface area (Å²) in [5, 5.41) is 11.8. The monoisotopic (exact) mass is 270 g/mol. The number of nitrogens with one attached hydrogen (secondary N) is 1. The Morgan fingerprint density at radius 3 is 2.40 bits per heavy atom. The van der Waals surface area contributed by atoms with Crippen molar-refractivity contribution in [1.29, 1.82) is 0 Å². The highest BCUT2D eigenvalue weighted by Gasteiger charge is 2.11. The van der Waals surface area contributed by atoms with Crippen molar-refractivity contribution in [2.75, 3.05) is 5.32 Å². The highest BCUT2D eigenvalue weighted by molar-refractivity contribution is 5.35. The summed E-state index contributed by atoms with van der Waals surface area (Å²) in [5.41, 5.74) is 4.54. The third-order valence-corrected chi connectivity index (χ3v) is 3.51. The van der Waals surface area contributed by atoms with Crippen LogP contribution in [0.15, 0.2) is 24.3 Å². The van der Waals surface area contributed by atoms with Crippen LogP contribution in [0.5, 0.6) is 0 Å². The maximum Gasteiger partial charge on any atom is 0.243 e. The zero-order valence-electron chi connectivity index (χ0n) is 12.6. The van der Waals surface area contributed by atoms with Crippen LogP contribution < -0.4 is 5.32 Å². The molecule has 1 N–H and O–H groups in total. The summed E-state index contributed by atoms with van der Waals surface area (Å²) in [7, 11) is 0. The quantitative estimate of drug-likeness (QED) is 0.903. The molecule has 0 fully saturated rings. The minimum absolute atomic E-state index is 0.162. The Morgan fingerprint density at radius 1 is 1.05 bits per heavy atom. The van der Waals surface area contributed by atoms with Crippen molar-refractivity contribution in [1.82, 2.24) is 15.2 Å². The average Bonchev–Trinajstić information content (AvgIpc) is 2.47. The summed E-state index contributed by atoms with van der Waals surface area (Å²) in [6.07, 6.45) is 1.75. The molecule has 106 valence electrons. The predicted molar refractivity (Wildman–Crippen MR) is 81.8 cm³/mol. The van der Waals surface area contributed by atoms with E-state index in [9.17, 15) is 0 Å². The number of rotatable bonds is 5. The van der Waals surface area contributed by atoms with Crippen LogP contribution in [0.3, 0.4) is 0 Å². The van der Waals surface area contributed by atoms with E-state index in [0.29, 0.717) is 5.95 Å². The van der Waals surface area contributed by atoms with Gasteiger partial charge in [0.05, 0.1) is 17.4 Å². The van der Waals surface area contributed by atoms with Crippen LogP contribution in [0.1, 0.15) is 49.3 Å². The third kappa shape index (κ3) is 3.13. The second kappa shape index (κ2) is 6.46. The van der Waals surface area contributed by atoms with E-state index in [1.807, 2.05) is 0 Å². The van der Waals surface area contributed by atoms with Crippen molar-refractivity contribution >= 4 is 5.95 Å². The van der Waals surface area contributed by atoms with Crippen LogP contribution >= 0.6 is 0 Å². The highest BCUT2D eigenvalue weighted by atomic mass is 15.2. The molecule has 0 amide bonds. The topological polar surface area (TPSA) is 50.7 Å². The van der Waals surface area contributed by atoms with Gasteiger partial charge in [0.25, 0.3) is 0 Å². The molecule has 0 bridgehead atoms. The number of hydrogen-bond donors (Lipinski definition) is 1. The fourth-order valence-electron chi connectivity index (χ4n) is 2.34. The summed E-state index contributed by atoms with van der Waals surface area (Å²) >= 11 is 0. The van der Waals surface area contributed by atoms with Crippen LogP contribution in [0.25, 0.3) is 0 Å². The fourth-order valence-corrected chi connectivity index (χ4v) is 2.34. The van der Waals surface area contributed by atoms with Crippen molar-refractivity contribution in [2.45, 2.75) is 46.6 Å². The third-order valence-electron chi connectivity index (χ3n) is 3.51.